The van der Waals surface area contributed by atoms with Gasteiger partial charge in [-0.3, -0.25) is 9.69 Å². The third kappa shape index (κ3) is 5.06. The van der Waals surface area contributed by atoms with Crippen molar-refractivity contribution in [3.63, 3.8) is 0 Å². The molecule has 6 nitrogen and oxygen atoms in total. The van der Waals surface area contributed by atoms with Crippen LogP contribution in [-0.2, 0) is 9.53 Å². The molecule has 7 heteroatoms. The molecular formula is C22H22N2O4S. The summed E-state index contributed by atoms with van der Waals surface area (Å²) in [7, 11) is 3.03. The van der Waals surface area contributed by atoms with E-state index in [-0.39, 0.29) is 5.91 Å². The summed E-state index contributed by atoms with van der Waals surface area (Å²) in [6.07, 6.45) is 2.80. The first kappa shape index (κ1) is 20.7. The van der Waals surface area contributed by atoms with E-state index in [1.54, 1.807) is 31.3 Å². The third-order valence-corrected chi connectivity index (χ3v) is 5.23. The Bertz CT molecular complexity index is 950. The van der Waals surface area contributed by atoms with Crippen molar-refractivity contribution in [1.29, 1.82) is 0 Å². The first-order valence-corrected chi connectivity index (χ1v) is 10.0. The van der Waals surface area contributed by atoms with Crippen LogP contribution in [-0.4, -0.2) is 42.7 Å². The van der Waals surface area contributed by atoms with Gasteiger partial charge >= 0.3 is 5.97 Å². The van der Waals surface area contributed by atoms with E-state index < -0.39 is 5.97 Å². The van der Waals surface area contributed by atoms with Crippen molar-refractivity contribution in [2.45, 2.75) is 13.3 Å². The van der Waals surface area contributed by atoms with Crippen LogP contribution in [0, 0.1) is 0 Å². The van der Waals surface area contributed by atoms with Gasteiger partial charge in [-0.1, -0.05) is 19.1 Å². The average Bonchev–Trinajstić information content (AvgIpc) is 3.01. The minimum atomic E-state index is -0.400. The van der Waals surface area contributed by atoms with Crippen LogP contribution in [0.1, 0.15) is 29.3 Å². The van der Waals surface area contributed by atoms with Crippen LogP contribution in [0.3, 0.4) is 0 Å². The van der Waals surface area contributed by atoms with Gasteiger partial charge in [-0.25, -0.2) is 9.79 Å². The number of benzene rings is 2. The summed E-state index contributed by atoms with van der Waals surface area (Å²) in [4.78, 5) is 30.7. The Labute approximate surface area is 174 Å². The van der Waals surface area contributed by atoms with E-state index in [0.717, 1.165) is 17.7 Å². The zero-order valence-corrected chi connectivity index (χ0v) is 17.4. The van der Waals surface area contributed by atoms with Gasteiger partial charge in [-0.2, -0.15) is 0 Å². The molecule has 29 heavy (non-hydrogen) atoms. The number of thioether (sulfide) groups is 1. The second-order valence-electron chi connectivity index (χ2n) is 6.33. The number of esters is 1. The fourth-order valence-electron chi connectivity index (χ4n) is 2.58. The van der Waals surface area contributed by atoms with Crippen LogP contribution >= 0.6 is 11.8 Å². The summed E-state index contributed by atoms with van der Waals surface area (Å²) in [5.41, 5.74) is 2.02. The van der Waals surface area contributed by atoms with Crippen LogP contribution in [0.2, 0.25) is 0 Å². The Balaban J connectivity index is 1.75. The van der Waals surface area contributed by atoms with Crippen LogP contribution in [0.25, 0.3) is 6.08 Å². The minimum absolute atomic E-state index is 0.105. The Morgan fingerprint density at radius 2 is 1.83 bits per heavy atom. The lowest BCUT2D eigenvalue weighted by Crippen LogP contribution is -2.23. The Morgan fingerprint density at radius 3 is 2.45 bits per heavy atom. The number of hydrogen-bond acceptors (Lipinski definition) is 6. The molecule has 1 saturated heterocycles. The summed E-state index contributed by atoms with van der Waals surface area (Å²) in [5.74, 6) is 0.309. The van der Waals surface area contributed by atoms with Gasteiger partial charge in [0.25, 0.3) is 5.91 Å². The highest BCUT2D eigenvalue weighted by Gasteiger charge is 2.30. The van der Waals surface area contributed by atoms with Crippen molar-refractivity contribution < 1.29 is 19.1 Å². The minimum Gasteiger partial charge on any atom is -0.494 e. The molecule has 1 fully saturated rings. The lowest BCUT2D eigenvalue weighted by molar-refractivity contribution is -0.121. The summed E-state index contributed by atoms with van der Waals surface area (Å²) in [6.45, 7) is 2.74. The number of nitrogens with zero attached hydrogens (tertiary/aromatic N) is 2. The van der Waals surface area contributed by atoms with Gasteiger partial charge in [-0.15, -0.1) is 0 Å². The fourth-order valence-corrected chi connectivity index (χ4v) is 3.57. The molecule has 0 spiro atoms. The number of amides is 1. The molecule has 150 valence electrons. The largest absolute Gasteiger partial charge is 0.494 e. The zero-order valence-electron chi connectivity index (χ0n) is 16.5. The molecule has 0 atom stereocenters. The van der Waals surface area contributed by atoms with Crippen molar-refractivity contribution >= 4 is 40.6 Å². The Hall–Kier alpha value is -3.06. The van der Waals surface area contributed by atoms with E-state index in [9.17, 15) is 9.59 Å². The molecule has 2 aromatic carbocycles. The molecule has 0 saturated carbocycles. The van der Waals surface area contributed by atoms with Gasteiger partial charge in [0.15, 0.2) is 5.17 Å². The number of carbonyl (C=O) groups excluding carboxylic acids is 2. The Morgan fingerprint density at radius 1 is 1.14 bits per heavy atom. The van der Waals surface area contributed by atoms with E-state index in [2.05, 4.69) is 11.9 Å². The average molecular weight is 410 g/mol. The molecule has 0 unspecified atom stereocenters. The van der Waals surface area contributed by atoms with Gasteiger partial charge in [-0.05, 0) is 66.2 Å². The lowest BCUT2D eigenvalue weighted by Gasteiger charge is -2.07. The third-order valence-electron chi connectivity index (χ3n) is 4.17. The van der Waals surface area contributed by atoms with Gasteiger partial charge < -0.3 is 9.47 Å². The second kappa shape index (κ2) is 9.43. The second-order valence-corrected chi connectivity index (χ2v) is 7.33. The number of carbonyl (C=O) groups is 2. The van der Waals surface area contributed by atoms with Crippen LogP contribution in [0.4, 0.5) is 5.69 Å². The number of ether oxygens (including phenoxy) is 2. The lowest BCUT2D eigenvalue weighted by atomic mass is 10.2. The molecular weight excluding hydrogens is 388 g/mol. The van der Waals surface area contributed by atoms with E-state index in [1.165, 1.54) is 23.8 Å². The summed E-state index contributed by atoms with van der Waals surface area (Å²) < 4.78 is 10.3. The SMILES string of the molecule is CCCOc1ccc(/C=C2/SC(=Nc3ccc(C(=O)OC)cc3)N(C)C2=O)cc1. The maximum Gasteiger partial charge on any atom is 0.337 e. The quantitative estimate of drug-likeness (QED) is 0.518. The number of rotatable bonds is 6. The molecule has 1 heterocycles. The number of likely N-dealkylation sites (N-methyl/N-ethyl adjacent to an activating group) is 1. The molecule has 0 aromatic heterocycles. The number of methoxy groups -OCH3 is 1. The highest BCUT2D eigenvalue weighted by atomic mass is 32.2. The maximum absolute atomic E-state index is 12.6. The first-order valence-electron chi connectivity index (χ1n) is 9.19. The highest BCUT2D eigenvalue weighted by molar-refractivity contribution is 8.18. The zero-order chi connectivity index (χ0) is 20.8. The summed E-state index contributed by atoms with van der Waals surface area (Å²) in [5, 5.41) is 0.579. The van der Waals surface area contributed by atoms with Crippen molar-refractivity contribution in [2.24, 2.45) is 4.99 Å². The normalized spacial score (nSPS) is 16.5. The van der Waals surface area contributed by atoms with Crippen LogP contribution < -0.4 is 4.74 Å². The van der Waals surface area contributed by atoms with Crippen LogP contribution in [0.15, 0.2) is 58.4 Å². The van der Waals surface area contributed by atoms with E-state index in [1.807, 2.05) is 30.3 Å². The summed E-state index contributed by atoms with van der Waals surface area (Å²) >= 11 is 1.31. The topological polar surface area (TPSA) is 68.2 Å². The number of hydrogen-bond donors (Lipinski definition) is 0. The van der Waals surface area contributed by atoms with Crippen LogP contribution in [0.5, 0.6) is 5.75 Å². The number of amidine groups is 1. The fraction of sp³-hybridized carbons (Fsp3) is 0.227. The number of aliphatic imine (C=N–C) groups is 1. The van der Waals surface area contributed by atoms with Gasteiger partial charge in [0, 0.05) is 7.05 Å². The highest BCUT2D eigenvalue weighted by Crippen LogP contribution is 2.33. The van der Waals surface area contributed by atoms with Gasteiger partial charge in [0.1, 0.15) is 5.75 Å². The smallest absolute Gasteiger partial charge is 0.337 e. The molecule has 3 rings (SSSR count). The standard InChI is InChI=1S/C22H22N2O4S/c1-4-13-28-18-11-5-15(6-12-18)14-19-20(25)24(2)22(29-19)23-17-9-7-16(8-10-17)21(26)27-3/h5-12,14H,4,13H2,1-3H3/b19-14+,23-22?. The van der Waals surface area contributed by atoms with Crippen molar-refractivity contribution in [3.05, 3.63) is 64.6 Å². The molecule has 0 N–H and O–H groups in total. The first-order chi connectivity index (χ1) is 14.0. The van der Waals surface area contributed by atoms with Crippen molar-refractivity contribution in [3.8, 4) is 5.75 Å². The van der Waals surface area contributed by atoms with Gasteiger partial charge in [0.2, 0.25) is 0 Å². The van der Waals surface area contributed by atoms with Crippen molar-refractivity contribution in [2.75, 3.05) is 20.8 Å². The van der Waals surface area contributed by atoms with Crippen molar-refractivity contribution in [1.82, 2.24) is 4.90 Å². The molecule has 1 aliphatic rings. The Kier molecular flexibility index (Phi) is 6.72. The molecule has 1 aliphatic heterocycles. The molecule has 2 aromatic rings. The molecule has 0 aliphatic carbocycles. The predicted octanol–water partition coefficient (Wildman–Crippen LogP) is 4.50. The maximum atomic E-state index is 12.6. The molecule has 1 amide bonds. The van der Waals surface area contributed by atoms with E-state index in [4.69, 9.17) is 9.47 Å². The molecule has 0 radical (unpaired) electrons. The predicted molar refractivity (Wildman–Crippen MR) is 115 cm³/mol. The van der Waals surface area contributed by atoms with E-state index in [0.29, 0.717) is 27.9 Å². The summed E-state index contributed by atoms with van der Waals surface area (Å²) in [6, 6.07) is 14.4. The van der Waals surface area contributed by atoms with Gasteiger partial charge in [0.05, 0.1) is 29.9 Å². The monoisotopic (exact) mass is 410 g/mol. The molecule has 0 bridgehead atoms. The van der Waals surface area contributed by atoms with E-state index >= 15 is 0 Å².